The summed E-state index contributed by atoms with van der Waals surface area (Å²) < 4.78 is 6.56. The number of aromatic nitrogens is 1. The van der Waals surface area contributed by atoms with Crippen molar-refractivity contribution in [1.29, 1.82) is 0 Å². The number of nitrogens with zero attached hydrogens (tertiary/aromatic N) is 2. The Bertz CT molecular complexity index is 1250. The van der Waals surface area contributed by atoms with Crippen LogP contribution in [0.3, 0.4) is 0 Å². The minimum atomic E-state index is -0.859. The zero-order valence-corrected chi connectivity index (χ0v) is 16.2. The molecule has 8 heteroatoms. The third-order valence-electron chi connectivity index (χ3n) is 4.76. The zero-order chi connectivity index (χ0) is 21.4. The van der Waals surface area contributed by atoms with Crippen LogP contribution in [0, 0.1) is 0 Å². The van der Waals surface area contributed by atoms with E-state index in [0.717, 1.165) is 10.3 Å². The second kappa shape index (κ2) is 7.32. The molecule has 0 unspecified atom stereocenters. The zero-order valence-electron chi connectivity index (χ0n) is 16.2. The number of fused-ring (bicyclic) bond motifs is 1. The Kier molecular flexibility index (Phi) is 4.67. The monoisotopic (exact) mass is 403 g/mol. The number of barbiturate groups is 1. The molecule has 3 aromatic rings. The molecule has 0 spiro atoms. The van der Waals surface area contributed by atoms with Crippen LogP contribution in [0.15, 0.2) is 60.2 Å². The minimum absolute atomic E-state index is 0.252. The highest BCUT2D eigenvalue weighted by Gasteiger charge is 2.37. The van der Waals surface area contributed by atoms with Gasteiger partial charge in [0.1, 0.15) is 11.3 Å². The molecule has 1 fully saturated rings. The predicted molar refractivity (Wildman–Crippen MR) is 110 cm³/mol. The third-order valence-corrected chi connectivity index (χ3v) is 4.76. The first-order valence-corrected chi connectivity index (χ1v) is 9.07. The molecule has 1 aliphatic heterocycles. The van der Waals surface area contributed by atoms with E-state index < -0.39 is 17.8 Å². The van der Waals surface area contributed by atoms with Crippen LogP contribution < -0.4 is 15.0 Å². The van der Waals surface area contributed by atoms with Gasteiger partial charge in [-0.3, -0.25) is 24.3 Å². The molecule has 0 aliphatic carbocycles. The molecule has 0 bridgehead atoms. The van der Waals surface area contributed by atoms with Gasteiger partial charge in [0.2, 0.25) is 5.91 Å². The number of anilines is 1. The van der Waals surface area contributed by atoms with Gasteiger partial charge in [-0.2, -0.15) is 0 Å². The molecule has 0 saturated carbocycles. The van der Waals surface area contributed by atoms with Crippen molar-refractivity contribution >= 4 is 46.4 Å². The number of methoxy groups -OCH3 is 1. The van der Waals surface area contributed by atoms with Crippen LogP contribution in [0.2, 0.25) is 0 Å². The summed E-state index contributed by atoms with van der Waals surface area (Å²) >= 11 is 0. The van der Waals surface area contributed by atoms with Gasteiger partial charge in [0.25, 0.3) is 11.8 Å². The Labute approximate surface area is 171 Å². The summed E-state index contributed by atoms with van der Waals surface area (Å²) in [5.74, 6) is -1.44. The van der Waals surface area contributed by atoms with Gasteiger partial charge in [-0.1, -0.05) is 24.3 Å². The summed E-state index contributed by atoms with van der Waals surface area (Å²) in [6.07, 6.45) is 1.32. The van der Waals surface area contributed by atoms with Gasteiger partial charge in [0.05, 0.1) is 24.0 Å². The van der Waals surface area contributed by atoms with E-state index in [1.165, 1.54) is 30.7 Å². The maximum Gasteiger partial charge on any atom is 0.335 e. The van der Waals surface area contributed by atoms with E-state index in [2.05, 4.69) is 5.32 Å². The second-order valence-electron chi connectivity index (χ2n) is 6.64. The van der Waals surface area contributed by atoms with Crippen LogP contribution >= 0.6 is 0 Å². The van der Waals surface area contributed by atoms with Gasteiger partial charge in [-0.05, 0) is 30.3 Å². The quantitative estimate of drug-likeness (QED) is 0.536. The molecule has 1 N–H and O–H groups in total. The summed E-state index contributed by atoms with van der Waals surface area (Å²) in [5.41, 5.74) is 1.01. The Morgan fingerprint density at radius 3 is 2.53 bits per heavy atom. The van der Waals surface area contributed by atoms with E-state index in [0.29, 0.717) is 17.0 Å². The number of carbonyl (C=O) groups is 4. The van der Waals surface area contributed by atoms with E-state index in [4.69, 9.17) is 4.74 Å². The van der Waals surface area contributed by atoms with Gasteiger partial charge >= 0.3 is 6.03 Å². The predicted octanol–water partition coefficient (Wildman–Crippen LogP) is 2.98. The molecule has 4 rings (SSSR count). The van der Waals surface area contributed by atoms with Crippen molar-refractivity contribution < 1.29 is 23.9 Å². The van der Waals surface area contributed by atoms with Gasteiger partial charge in [0.15, 0.2) is 0 Å². The van der Waals surface area contributed by atoms with Crippen LogP contribution in [-0.2, 0) is 9.59 Å². The first kappa shape index (κ1) is 19.1. The number of benzene rings is 2. The van der Waals surface area contributed by atoms with E-state index in [1.54, 1.807) is 36.4 Å². The molecule has 150 valence electrons. The second-order valence-corrected chi connectivity index (χ2v) is 6.64. The smallest absolute Gasteiger partial charge is 0.335 e. The normalized spacial score (nSPS) is 15.6. The summed E-state index contributed by atoms with van der Waals surface area (Å²) in [6, 6.07) is 14.4. The van der Waals surface area contributed by atoms with Crippen molar-refractivity contribution in [2.45, 2.75) is 6.92 Å². The fourth-order valence-electron chi connectivity index (χ4n) is 3.42. The molecule has 2 heterocycles. The number of nitrogens with one attached hydrogen (secondary N) is 1. The molecule has 1 saturated heterocycles. The fourth-order valence-corrected chi connectivity index (χ4v) is 3.42. The average molecular weight is 403 g/mol. The first-order chi connectivity index (χ1) is 14.4. The number of para-hydroxylation sites is 1. The van der Waals surface area contributed by atoms with Crippen molar-refractivity contribution in [3.05, 3.63) is 65.9 Å². The first-order valence-electron chi connectivity index (χ1n) is 9.07. The number of ether oxygens (including phenoxy) is 1. The van der Waals surface area contributed by atoms with Crippen LogP contribution in [0.5, 0.6) is 5.75 Å². The fraction of sp³-hybridized carbons (Fsp3) is 0.0909. The summed E-state index contributed by atoms with van der Waals surface area (Å²) in [7, 11) is 1.46. The molecule has 4 amide bonds. The lowest BCUT2D eigenvalue weighted by Gasteiger charge is -2.26. The Morgan fingerprint density at radius 1 is 1.03 bits per heavy atom. The third kappa shape index (κ3) is 3.14. The van der Waals surface area contributed by atoms with Crippen LogP contribution in [0.1, 0.15) is 17.4 Å². The highest BCUT2D eigenvalue weighted by molar-refractivity contribution is 6.39. The summed E-state index contributed by atoms with van der Waals surface area (Å²) in [4.78, 5) is 51.0. The van der Waals surface area contributed by atoms with E-state index in [1.807, 2.05) is 12.1 Å². The Morgan fingerprint density at radius 2 is 1.80 bits per heavy atom. The van der Waals surface area contributed by atoms with Crippen LogP contribution in [-0.4, -0.2) is 35.4 Å². The van der Waals surface area contributed by atoms with Gasteiger partial charge < -0.3 is 4.74 Å². The summed E-state index contributed by atoms with van der Waals surface area (Å²) in [5, 5.41) is 2.95. The molecule has 0 radical (unpaired) electrons. The number of urea groups is 1. The highest BCUT2D eigenvalue weighted by Crippen LogP contribution is 2.27. The number of imide groups is 2. The van der Waals surface area contributed by atoms with Crippen molar-refractivity contribution in [3.8, 4) is 5.75 Å². The van der Waals surface area contributed by atoms with Crippen molar-refractivity contribution in [1.82, 2.24) is 9.88 Å². The number of rotatable bonds is 3. The van der Waals surface area contributed by atoms with Crippen molar-refractivity contribution in [2.24, 2.45) is 0 Å². The number of amides is 4. The highest BCUT2D eigenvalue weighted by atomic mass is 16.5. The topological polar surface area (TPSA) is 97.7 Å². The standard InChI is InChI=1S/C22H17N3O5/c1-13(26)24-16(10-14-6-3-4-9-19(14)24)12-18-20(27)23-22(29)25(21(18)28)15-7-5-8-17(11-15)30-2/h3-12H,1-2H3,(H,23,27,29)/b18-12+. The molecule has 0 atom stereocenters. The molecule has 1 aliphatic rings. The molecule has 30 heavy (non-hydrogen) atoms. The number of carbonyl (C=O) groups excluding carboxylic acids is 4. The lowest BCUT2D eigenvalue weighted by molar-refractivity contribution is -0.122. The largest absolute Gasteiger partial charge is 0.497 e. The van der Waals surface area contributed by atoms with E-state index >= 15 is 0 Å². The summed E-state index contributed by atoms with van der Waals surface area (Å²) in [6.45, 7) is 1.39. The number of hydrogen-bond donors (Lipinski definition) is 1. The maximum atomic E-state index is 13.1. The van der Waals surface area contributed by atoms with Gasteiger partial charge in [0, 0.05) is 18.4 Å². The number of hydrogen-bond acceptors (Lipinski definition) is 5. The lowest BCUT2D eigenvalue weighted by Crippen LogP contribution is -2.54. The Balaban J connectivity index is 1.83. The lowest BCUT2D eigenvalue weighted by atomic mass is 10.1. The van der Waals surface area contributed by atoms with Crippen molar-refractivity contribution in [2.75, 3.05) is 12.0 Å². The SMILES string of the molecule is COc1cccc(N2C(=O)NC(=O)/C(=C\c3cc4ccccc4n3C(C)=O)C2=O)c1. The minimum Gasteiger partial charge on any atom is -0.497 e. The van der Waals surface area contributed by atoms with Gasteiger partial charge in [-0.15, -0.1) is 0 Å². The van der Waals surface area contributed by atoms with Crippen molar-refractivity contribution in [3.63, 3.8) is 0 Å². The van der Waals surface area contributed by atoms with Gasteiger partial charge in [-0.25, -0.2) is 9.69 Å². The van der Waals surface area contributed by atoms with E-state index in [9.17, 15) is 19.2 Å². The molecular weight excluding hydrogens is 386 g/mol. The van der Waals surface area contributed by atoms with Crippen LogP contribution in [0.25, 0.3) is 17.0 Å². The molecule has 8 nitrogen and oxygen atoms in total. The molecule has 1 aromatic heterocycles. The van der Waals surface area contributed by atoms with E-state index in [-0.39, 0.29) is 17.2 Å². The Hall–Kier alpha value is -4.20. The average Bonchev–Trinajstić information content (AvgIpc) is 3.09. The maximum absolute atomic E-state index is 13.1. The molecule has 2 aromatic carbocycles. The molecular formula is C22H17N3O5. The van der Waals surface area contributed by atoms with Crippen LogP contribution in [0.4, 0.5) is 10.5 Å².